The Morgan fingerprint density at radius 2 is 1.06 bits per heavy atom. The molecule has 0 bridgehead atoms. The minimum absolute atomic E-state index is 0.168. The number of nitrogens with one attached hydrogen (secondary N) is 2. The summed E-state index contributed by atoms with van der Waals surface area (Å²) in [6.45, 7) is 1.76. The Labute approximate surface area is 110 Å². The van der Waals surface area contributed by atoms with E-state index >= 15 is 0 Å². The molecule has 0 amide bonds. The number of aliphatic hydroxyl groups excluding tert-OH is 2. The monoisotopic (exact) mass is 256 g/mol. The first kappa shape index (κ1) is 14.3. The van der Waals surface area contributed by atoms with Crippen molar-refractivity contribution in [2.24, 2.45) is 0 Å². The van der Waals surface area contributed by atoms with Crippen LogP contribution < -0.4 is 10.6 Å². The maximum absolute atomic E-state index is 9.84. The minimum atomic E-state index is -0.168. The molecule has 0 saturated heterocycles. The maximum atomic E-state index is 9.84. The Hall–Kier alpha value is -0.160. The van der Waals surface area contributed by atoms with Gasteiger partial charge in [0.05, 0.1) is 12.2 Å². The molecule has 18 heavy (non-hydrogen) atoms. The third-order valence-electron chi connectivity index (χ3n) is 4.40. The maximum Gasteiger partial charge on any atom is 0.0693 e. The summed E-state index contributed by atoms with van der Waals surface area (Å²) >= 11 is 0. The summed E-state index contributed by atoms with van der Waals surface area (Å²) in [7, 11) is 0. The van der Waals surface area contributed by atoms with Crippen LogP contribution in [-0.2, 0) is 0 Å². The highest BCUT2D eigenvalue weighted by Crippen LogP contribution is 2.19. The number of hydrogen-bond acceptors (Lipinski definition) is 4. The molecule has 0 spiro atoms. The van der Waals surface area contributed by atoms with Crippen LogP contribution in [0.1, 0.15) is 51.4 Å². The molecule has 2 fully saturated rings. The quantitative estimate of drug-likeness (QED) is 0.549. The Morgan fingerprint density at radius 3 is 1.44 bits per heavy atom. The van der Waals surface area contributed by atoms with Gasteiger partial charge in [0.25, 0.3) is 0 Å². The molecule has 0 aromatic rings. The van der Waals surface area contributed by atoms with Crippen molar-refractivity contribution in [3.63, 3.8) is 0 Å². The van der Waals surface area contributed by atoms with Gasteiger partial charge in [0, 0.05) is 25.2 Å². The lowest BCUT2D eigenvalue weighted by molar-refractivity contribution is 0.0844. The van der Waals surface area contributed by atoms with Crippen molar-refractivity contribution >= 4 is 0 Å². The fourth-order valence-electron chi connectivity index (χ4n) is 3.21. The van der Waals surface area contributed by atoms with Crippen LogP contribution in [0, 0.1) is 0 Å². The van der Waals surface area contributed by atoms with E-state index in [1.807, 2.05) is 0 Å². The SMILES string of the molecule is O[C@@H]1CCCCC1NCCNC1CCCC[C@@H]1O. The second kappa shape index (κ2) is 7.43. The molecule has 4 N–H and O–H groups in total. The molecule has 0 aromatic carbocycles. The molecule has 0 aliphatic heterocycles. The van der Waals surface area contributed by atoms with Crippen LogP contribution in [0.2, 0.25) is 0 Å². The lowest BCUT2D eigenvalue weighted by Gasteiger charge is -2.30. The standard InChI is InChI=1S/C14H28N2O2/c17-13-7-3-1-5-11(13)15-9-10-16-12-6-2-4-8-14(12)18/h11-18H,1-10H2/t11?,12?,13-,14+. The van der Waals surface area contributed by atoms with Crippen LogP contribution in [0.15, 0.2) is 0 Å². The van der Waals surface area contributed by atoms with Crippen LogP contribution >= 0.6 is 0 Å². The molecule has 4 nitrogen and oxygen atoms in total. The van der Waals surface area contributed by atoms with E-state index in [9.17, 15) is 10.2 Å². The Morgan fingerprint density at radius 1 is 0.667 bits per heavy atom. The van der Waals surface area contributed by atoms with Crippen LogP contribution in [0.4, 0.5) is 0 Å². The van der Waals surface area contributed by atoms with Crippen molar-refractivity contribution in [3.8, 4) is 0 Å². The normalized spacial score (nSPS) is 37.7. The predicted molar refractivity (Wildman–Crippen MR) is 72.5 cm³/mol. The number of aliphatic hydroxyl groups is 2. The first-order valence-corrected chi connectivity index (χ1v) is 7.60. The number of rotatable bonds is 5. The van der Waals surface area contributed by atoms with Gasteiger partial charge in [-0.15, -0.1) is 0 Å². The molecule has 2 rings (SSSR count). The largest absolute Gasteiger partial charge is 0.392 e. The van der Waals surface area contributed by atoms with Gasteiger partial charge in [-0.05, 0) is 25.7 Å². The first-order chi connectivity index (χ1) is 8.77. The summed E-state index contributed by atoms with van der Waals surface area (Å²) in [5.41, 5.74) is 0. The van der Waals surface area contributed by atoms with Gasteiger partial charge >= 0.3 is 0 Å². The second-order valence-electron chi connectivity index (χ2n) is 5.82. The predicted octanol–water partition coefficient (Wildman–Crippen LogP) is 0.773. The lowest BCUT2D eigenvalue weighted by Crippen LogP contribution is -2.48. The van der Waals surface area contributed by atoms with Gasteiger partial charge in [0.2, 0.25) is 0 Å². The average Bonchev–Trinajstić information content (AvgIpc) is 2.38. The fraction of sp³-hybridized carbons (Fsp3) is 1.00. The van der Waals surface area contributed by atoms with Crippen molar-refractivity contribution in [1.82, 2.24) is 10.6 Å². The Kier molecular flexibility index (Phi) is 5.89. The molecule has 0 radical (unpaired) electrons. The van der Waals surface area contributed by atoms with Gasteiger partial charge < -0.3 is 20.8 Å². The third kappa shape index (κ3) is 4.19. The first-order valence-electron chi connectivity index (χ1n) is 7.60. The summed E-state index contributed by atoms with van der Waals surface area (Å²) in [6.07, 6.45) is 8.49. The molecule has 2 aliphatic rings. The Balaban J connectivity index is 1.57. The van der Waals surface area contributed by atoms with Crippen LogP contribution in [0.5, 0.6) is 0 Å². The summed E-state index contributed by atoms with van der Waals surface area (Å²) in [4.78, 5) is 0. The zero-order valence-electron chi connectivity index (χ0n) is 11.3. The zero-order chi connectivity index (χ0) is 12.8. The molecule has 0 aromatic heterocycles. The summed E-state index contributed by atoms with van der Waals surface area (Å²) in [6, 6.07) is 0.550. The highest BCUT2D eigenvalue weighted by Gasteiger charge is 2.23. The minimum Gasteiger partial charge on any atom is -0.392 e. The van der Waals surface area contributed by atoms with Gasteiger partial charge in [-0.25, -0.2) is 0 Å². The third-order valence-corrected chi connectivity index (χ3v) is 4.40. The topological polar surface area (TPSA) is 64.5 Å². The van der Waals surface area contributed by atoms with E-state index in [0.29, 0.717) is 0 Å². The molecule has 2 saturated carbocycles. The average molecular weight is 256 g/mol. The molecule has 4 atom stereocenters. The highest BCUT2D eigenvalue weighted by atomic mass is 16.3. The van der Waals surface area contributed by atoms with E-state index in [1.54, 1.807) is 0 Å². The van der Waals surface area contributed by atoms with Gasteiger partial charge in [0.1, 0.15) is 0 Å². The second-order valence-corrected chi connectivity index (χ2v) is 5.82. The van der Waals surface area contributed by atoms with Crippen LogP contribution in [-0.4, -0.2) is 47.6 Å². The van der Waals surface area contributed by atoms with Crippen LogP contribution in [0.25, 0.3) is 0 Å². The van der Waals surface area contributed by atoms with Crippen molar-refractivity contribution in [2.75, 3.05) is 13.1 Å². The molecule has 0 heterocycles. The molecule has 106 valence electrons. The van der Waals surface area contributed by atoms with Crippen molar-refractivity contribution in [3.05, 3.63) is 0 Å². The lowest BCUT2D eigenvalue weighted by atomic mass is 9.92. The van der Waals surface area contributed by atoms with Gasteiger partial charge in [-0.1, -0.05) is 25.7 Å². The molecule has 2 unspecified atom stereocenters. The summed E-state index contributed by atoms with van der Waals surface area (Å²) in [5, 5.41) is 26.5. The molecular weight excluding hydrogens is 228 g/mol. The molecular formula is C14H28N2O2. The van der Waals surface area contributed by atoms with Crippen molar-refractivity contribution < 1.29 is 10.2 Å². The fourth-order valence-corrected chi connectivity index (χ4v) is 3.21. The van der Waals surface area contributed by atoms with Crippen LogP contribution in [0.3, 0.4) is 0 Å². The zero-order valence-corrected chi connectivity index (χ0v) is 11.3. The van der Waals surface area contributed by atoms with E-state index in [0.717, 1.165) is 51.6 Å². The smallest absolute Gasteiger partial charge is 0.0693 e. The van der Waals surface area contributed by atoms with E-state index in [4.69, 9.17) is 0 Å². The van der Waals surface area contributed by atoms with E-state index in [-0.39, 0.29) is 24.3 Å². The molecule has 4 heteroatoms. The molecule has 2 aliphatic carbocycles. The number of hydrogen-bond donors (Lipinski definition) is 4. The van der Waals surface area contributed by atoms with E-state index in [1.165, 1.54) is 12.8 Å². The van der Waals surface area contributed by atoms with Gasteiger partial charge in [-0.2, -0.15) is 0 Å². The summed E-state index contributed by atoms with van der Waals surface area (Å²) < 4.78 is 0. The van der Waals surface area contributed by atoms with E-state index < -0.39 is 0 Å². The van der Waals surface area contributed by atoms with Gasteiger partial charge in [0.15, 0.2) is 0 Å². The highest BCUT2D eigenvalue weighted by molar-refractivity contribution is 4.82. The van der Waals surface area contributed by atoms with Crippen molar-refractivity contribution in [1.29, 1.82) is 0 Å². The van der Waals surface area contributed by atoms with E-state index in [2.05, 4.69) is 10.6 Å². The van der Waals surface area contributed by atoms with Crippen molar-refractivity contribution in [2.45, 2.75) is 75.7 Å². The Bertz CT molecular complexity index is 214. The summed E-state index contributed by atoms with van der Waals surface area (Å²) in [5.74, 6) is 0. The van der Waals surface area contributed by atoms with Gasteiger partial charge in [-0.3, -0.25) is 0 Å².